The number of sulfonamides is 1. The number of benzene rings is 1. The first-order chi connectivity index (χ1) is 9.87. The number of carbonyl (C=O) groups excluding carboxylic acids is 1. The Balaban J connectivity index is 2.44. The third kappa shape index (κ3) is 2.93. The highest BCUT2D eigenvalue weighted by Gasteiger charge is 2.26. The average molecular weight is 325 g/mol. The maximum Gasteiger partial charge on any atom is 0.350 e. The highest BCUT2D eigenvalue weighted by molar-refractivity contribution is 7.92. The number of aryl methyl sites for hydroxylation is 1. The van der Waals surface area contributed by atoms with Crippen LogP contribution in [0.25, 0.3) is 0 Å². The standard InChI is InChI=1S/C14H15NO4S2/c1-10-4-6-11(7-5-10)21(17,18)15(2)12-8-9-20-13(12)14(16)19-3/h4-9H,1-3H3. The van der Waals surface area contributed by atoms with Crippen LogP contribution >= 0.6 is 11.3 Å². The van der Waals surface area contributed by atoms with Crippen molar-refractivity contribution in [3.8, 4) is 0 Å². The summed E-state index contributed by atoms with van der Waals surface area (Å²) in [7, 11) is -1.03. The summed E-state index contributed by atoms with van der Waals surface area (Å²) in [6, 6.07) is 8.14. The Labute approximate surface area is 127 Å². The van der Waals surface area contributed by atoms with Crippen molar-refractivity contribution in [1.82, 2.24) is 0 Å². The summed E-state index contributed by atoms with van der Waals surface area (Å²) in [6.45, 7) is 1.88. The van der Waals surface area contributed by atoms with Gasteiger partial charge >= 0.3 is 5.97 Å². The van der Waals surface area contributed by atoms with Gasteiger partial charge in [0.05, 0.1) is 17.7 Å². The average Bonchev–Trinajstić information content (AvgIpc) is 2.95. The van der Waals surface area contributed by atoms with E-state index in [1.165, 1.54) is 14.2 Å². The zero-order valence-electron chi connectivity index (χ0n) is 11.9. The van der Waals surface area contributed by atoms with Crippen LogP contribution in [0.3, 0.4) is 0 Å². The summed E-state index contributed by atoms with van der Waals surface area (Å²) in [5.74, 6) is -0.550. The van der Waals surface area contributed by atoms with Gasteiger partial charge < -0.3 is 4.74 Å². The van der Waals surface area contributed by atoms with E-state index in [2.05, 4.69) is 4.74 Å². The second-order valence-electron chi connectivity index (χ2n) is 4.41. The van der Waals surface area contributed by atoms with Gasteiger partial charge in [0.1, 0.15) is 4.88 Å². The number of methoxy groups -OCH3 is 1. The Bertz CT molecular complexity index is 748. The molecule has 0 saturated heterocycles. The van der Waals surface area contributed by atoms with Crippen molar-refractivity contribution in [3.63, 3.8) is 0 Å². The molecule has 0 fully saturated rings. The van der Waals surface area contributed by atoms with E-state index in [4.69, 9.17) is 0 Å². The molecule has 2 aromatic rings. The first-order valence-electron chi connectivity index (χ1n) is 6.09. The smallest absolute Gasteiger partial charge is 0.350 e. The van der Waals surface area contributed by atoms with Crippen LogP contribution in [0.5, 0.6) is 0 Å². The van der Waals surface area contributed by atoms with Gasteiger partial charge in [0.2, 0.25) is 0 Å². The highest BCUT2D eigenvalue weighted by atomic mass is 32.2. The van der Waals surface area contributed by atoms with E-state index < -0.39 is 16.0 Å². The van der Waals surface area contributed by atoms with Gasteiger partial charge in [-0.25, -0.2) is 13.2 Å². The lowest BCUT2D eigenvalue weighted by Crippen LogP contribution is -2.27. The topological polar surface area (TPSA) is 63.7 Å². The van der Waals surface area contributed by atoms with Crippen molar-refractivity contribution < 1.29 is 17.9 Å². The molecule has 1 heterocycles. The molecule has 2 rings (SSSR count). The lowest BCUT2D eigenvalue weighted by atomic mass is 10.2. The lowest BCUT2D eigenvalue weighted by Gasteiger charge is -2.19. The number of ether oxygens (including phenoxy) is 1. The molecule has 5 nitrogen and oxygen atoms in total. The number of hydrogen-bond acceptors (Lipinski definition) is 5. The number of esters is 1. The van der Waals surface area contributed by atoms with E-state index in [-0.39, 0.29) is 9.77 Å². The molecule has 0 spiro atoms. The van der Waals surface area contributed by atoms with Gasteiger partial charge in [0.15, 0.2) is 0 Å². The zero-order valence-corrected chi connectivity index (χ0v) is 13.5. The molecule has 0 atom stereocenters. The summed E-state index contributed by atoms with van der Waals surface area (Å²) in [5, 5.41) is 1.66. The second-order valence-corrected chi connectivity index (χ2v) is 7.30. The molecular weight excluding hydrogens is 310 g/mol. The minimum atomic E-state index is -3.71. The van der Waals surface area contributed by atoms with E-state index in [0.29, 0.717) is 5.69 Å². The molecule has 0 aliphatic heterocycles. The summed E-state index contributed by atoms with van der Waals surface area (Å²) in [4.78, 5) is 12.1. The van der Waals surface area contributed by atoms with Gasteiger partial charge in [-0.05, 0) is 30.5 Å². The maximum absolute atomic E-state index is 12.6. The van der Waals surface area contributed by atoms with Crippen molar-refractivity contribution in [3.05, 3.63) is 46.2 Å². The molecule has 21 heavy (non-hydrogen) atoms. The largest absolute Gasteiger partial charge is 0.465 e. The predicted molar refractivity (Wildman–Crippen MR) is 82.4 cm³/mol. The number of anilines is 1. The van der Waals surface area contributed by atoms with Crippen LogP contribution in [0.4, 0.5) is 5.69 Å². The first kappa shape index (κ1) is 15.5. The molecule has 0 unspecified atom stereocenters. The van der Waals surface area contributed by atoms with Crippen LogP contribution in [0.15, 0.2) is 40.6 Å². The molecule has 112 valence electrons. The monoisotopic (exact) mass is 325 g/mol. The van der Waals surface area contributed by atoms with E-state index in [0.717, 1.165) is 21.2 Å². The Morgan fingerprint density at radius 1 is 1.19 bits per heavy atom. The Morgan fingerprint density at radius 2 is 1.81 bits per heavy atom. The van der Waals surface area contributed by atoms with Crippen LogP contribution in [0.2, 0.25) is 0 Å². The van der Waals surface area contributed by atoms with Crippen molar-refractivity contribution in [2.75, 3.05) is 18.5 Å². The highest BCUT2D eigenvalue weighted by Crippen LogP contribution is 2.30. The number of nitrogens with zero attached hydrogens (tertiary/aromatic N) is 1. The van der Waals surface area contributed by atoms with Gasteiger partial charge in [0, 0.05) is 7.05 Å². The van der Waals surface area contributed by atoms with Crippen LogP contribution in [0.1, 0.15) is 15.2 Å². The number of carbonyl (C=O) groups is 1. The fourth-order valence-electron chi connectivity index (χ4n) is 1.79. The van der Waals surface area contributed by atoms with Crippen LogP contribution in [-0.4, -0.2) is 28.5 Å². The van der Waals surface area contributed by atoms with E-state index in [1.54, 1.807) is 35.7 Å². The summed E-state index contributed by atoms with van der Waals surface area (Å²) in [6.07, 6.45) is 0. The van der Waals surface area contributed by atoms with Gasteiger partial charge in [-0.2, -0.15) is 0 Å². The first-order valence-corrected chi connectivity index (χ1v) is 8.41. The maximum atomic E-state index is 12.6. The normalized spacial score (nSPS) is 11.2. The van der Waals surface area contributed by atoms with Crippen LogP contribution in [-0.2, 0) is 14.8 Å². The van der Waals surface area contributed by atoms with E-state index >= 15 is 0 Å². The third-order valence-electron chi connectivity index (χ3n) is 3.03. The second kappa shape index (κ2) is 5.87. The Kier molecular flexibility index (Phi) is 4.34. The summed E-state index contributed by atoms with van der Waals surface area (Å²) >= 11 is 1.14. The third-order valence-corrected chi connectivity index (χ3v) is 5.70. The molecular formula is C14H15NO4S2. The Hall–Kier alpha value is -1.86. The van der Waals surface area contributed by atoms with E-state index in [9.17, 15) is 13.2 Å². The van der Waals surface area contributed by atoms with Gasteiger partial charge in [0.25, 0.3) is 10.0 Å². The van der Waals surface area contributed by atoms with Crippen molar-refractivity contribution in [2.24, 2.45) is 0 Å². The Morgan fingerprint density at radius 3 is 2.38 bits per heavy atom. The fourth-order valence-corrected chi connectivity index (χ4v) is 3.90. The summed E-state index contributed by atoms with van der Waals surface area (Å²) in [5.41, 5.74) is 1.29. The number of thiophene rings is 1. The number of hydrogen-bond donors (Lipinski definition) is 0. The lowest BCUT2D eigenvalue weighted by molar-refractivity contribution is 0.0607. The van der Waals surface area contributed by atoms with Crippen molar-refractivity contribution >= 4 is 33.0 Å². The molecule has 7 heteroatoms. The molecule has 0 bridgehead atoms. The minimum Gasteiger partial charge on any atom is -0.465 e. The van der Waals surface area contributed by atoms with Gasteiger partial charge in [-0.15, -0.1) is 11.3 Å². The molecule has 1 aromatic heterocycles. The van der Waals surface area contributed by atoms with Crippen molar-refractivity contribution in [2.45, 2.75) is 11.8 Å². The fraction of sp³-hybridized carbons (Fsp3) is 0.214. The quantitative estimate of drug-likeness (QED) is 0.811. The molecule has 0 radical (unpaired) electrons. The van der Waals surface area contributed by atoms with Crippen molar-refractivity contribution in [1.29, 1.82) is 0 Å². The molecule has 0 amide bonds. The molecule has 0 saturated carbocycles. The van der Waals surface area contributed by atoms with E-state index in [1.807, 2.05) is 6.92 Å². The summed E-state index contributed by atoms with van der Waals surface area (Å²) < 4.78 is 30.9. The minimum absolute atomic E-state index is 0.178. The molecule has 0 aliphatic carbocycles. The van der Waals surface area contributed by atoms with Gasteiger partial charge in [-0.1, -0.05) is 17.7 Å². The molecule has 0 N–H and O–H groups in total. The zero-order chi connectivity index (χ0) is 15.6. The van der Waals surface area contributed by atoms with Crippen LogP contribution < -0.4 is 4.31 Å². The number of rotatable bonds is 4. The predicted octanol–water partition coefficient (Wildman–Crippen LogP) is 2.67. The van der Waals surface area contributed by atoms with Crippen LogP contribution in [0, 0.1) is 6.92 Å². The molecule has 1 aromatic carbocycles. The molecule has 0 aliphatic rings. The van der Waals surface area contributed by atoms with Gasteiger partial charge in [-0.3, -0.25) is 4.31 Å². The SMILES string of the molecule is COC(=O)c1sccc1N(C)S(=O)(=O)c1ccc(C)cc1.